The molecular formula is C9H10N2O5. The molecule has 1 rings (SSSR count). The van der Waals surface area contributed by atoms with Crippen molar-refractivity contribution in [3.63, 3.8) is 0 Å². The molecular weight excluding hydrogens is 216 g/mol. The lowest BCUT2D eigenvalue weighted by atomic mass is 10.2. The number of aromatic nitrogens is 1. The summed E-state index contributed by atoms with van der Waals surface area (Å²) in [5.41, 5.74) is -1.33. The number of aromatic carboxylic acids is 1. The van der Waals surface area contributed by atoms with Gasteiger partial charge < -0.3 is 20.5 Å². The summed E-state index contributed by atoms with van der Waals surface area (Å²) in [7, 11) is 0. The zero-order valence-corrected chi connectivity index (χ0v) is 8.19. The quantitative estimate of drug-likeness (QED) is 0.513. The van der Waals surface area contributed by atoms with Crippen molar-refractivity contribution in [3.8, 4) is 0 Å². The second-order valence-corrected chi connectivity index (χ2v) is 2.90. The van der Waals surface area contributed by atoms with E-state index in [-0.39, 0.29) is 18.8 Å². The molecule has 0 aliphatic heterocycles. The number of H-pyrrole nitrogens is 1. The molecule has 0 aromatic carbocycles. The van der Waals surface area contributed by atoms with Crippen LogP contribution in [0.15, 0.2) is 16.9 Å². The SMILES string of the molecule is O=C(NCCO)c1ccc(C(=O)O)c(=O)[nH]1. The predicted molar refractivity (Wildman–Crippen MR) is 53.4 cm³/mol. The number of carbonyl (C=O) groups is 2. The maximum atomic E-state index is 11.3. The molecule has 0 aliphatic rings. The molecule has 0 fully saturated rings. The van der Waals surface area contributed by atoms with Gasteiger partial charge in [0, 0.05) is 6.54 Å². The Morgan fingerprint density at radius 1 is 1.38 bits per heavy atom. The van der Waals surface area contributed by atoms with Gasteiger partial charge in [0.25, 0.3) is 11.5 Å². The van der Waals surface area contributed by atoms with Crippen LogP contribution in [0.25, 0.3) is 0 Å². The first-order valence-corrected chi connectivity index (χ1v) is 4.42. The summed E-state index contributed by atoms with van der Waals surface area (Å²) in [5, 5.41) is 19.4. The Morgan fingerprint density at radius 2 is 2.06 bits per heavy atom. The number of pyridine rings is 1. The highest BCUT2D eigenvalue weighted by molar-refractivity contribution is 5.93. The fraction of sp³-hybridized carbons (Fsp3) is 0.222. The zero-order valence-electron chi connectivity index (χ0n) is 8.19. The Morgan fingerprint density at radius 3 is 2.56 bits per heavy atom. The number of hydrogen-bond donors (Lipinski definition) is 4. The Bertz CT molecular complexity index is 465. The summed E-state index contributed by atoms with van der Waals surface area (Å²) in [6, 6.07) is 2.24. The number of amides is 1. The van der Waals surface area contributed by atoms with Crippen molar-refractivity contribution in [1.82, 2.24) is 10.3 Å². The summed E-state index contributed by atoms with van der Waals surface area (Å²) in [5.74, 6) is -1.94. The van der Waals surface area contributed by atoms with Crippen LogP contribution in [-0.2, 0) is 0 Å². The highest BCUT2D eigenvalue weighted by atomic mass is 16.4. The molecule has 1 aromatic rings. The molecule has 1 amide bonds. The molecule has 0 bridgehead atoms. The van der Waals surface area contributed by atoms with Crippen molar-refractivity contribution in [2.75, 3.05) is 13.2 Å². The molecule has 0 saturated heterocycles. The Hall–Kier alpha value is -2.15. The summed E-state index contributed by atoms with van der Waals surface area (Å²) in [4.78, 5) is 35.1. The van der Waals surface area contributed by atoms with Gasteiger partial charge in [0.05, 0.1) is 6.61 Å². The van der Waals surface area contributed by atoms with Gasteiger partial charge in [-0.3, -0.25) is 9.59 Å². The largest absolute Gasteiger partial charge is 0.477 e. The van der Waals surface area contributed by atoms with Crippen LogP contribution in [0, 0.1) is 0 Å². The number of aliphatic hydroxyl groups excluding tert-OH is 1. The summed E-state index contributed by atoms with van der Waals surface area (Å²) in [6.45, 7) is -0.162. The highest BCUT2D eigenvalue weighted by Gasteiger charge is 2.11. The average Bonchev–Trinajstić information content (AvgIpc) is 2.25. The zero-order chi connectivity index (χ0) is 12.1. The molecule has 0 unspecified atom stereocenters. The number of aliphatic hydroxyl groups is 1. The second-order valence-electron chi connectivity index (χ2n) is 2.90. The Balaban J connectivity index is 2.93. The maximum absolute atomic E-state index is 11.3. The third kappa shape index (κ3) is 2.67. The summed E-state index contributed by atoms with van der Waals surface area (Å²) >= 11 is 0. The fourth-order valence-electron chi connectivity index (χ4n) is 1.04. The van der Waals surface area contributed by atoms with Crippen LogP contribution in [0.1, 0.15) is 20.8 Å². The molecule has 1 aromatic heterocycles. The number of carbonyl (C=O) groups excluding carboxylic acids is 1. The van der Waals surface area contributed by atoms with Gasteiger partial charge in [0.1, 0.15) is 11.3 Å². The van der Waals surface area contributed by atoms with E-state index >= 15 is 0 Å². The standard InChI is InChI=1S/C9H10N2O5/c12-4-3-10-8(14)6-2-1-5(9(15)16)7(13)11-6/h1-2,12H,3-4H2,(H,10,14)(H,11,13)(H,15,16). The van der Waals surface area contributed by atoms with E-state index in [1.165, 1.54) is 6.07 Å². The normalized spacial score (nSPS) is 9.81. The van der Waals surface area contributed by atoms with Crippen LogP contribution < -0.4 is 10.9 Å². The van der Waals surface area contributed by atoms with E-state index in [2.05, 4.69) is 10.3 Å². The predicted octanol–water partition coefficient (Wildman–Crippen LogP) is -1.20. The molecule has 86 valence electrons. The fourth-order valence-corrected chi connectivity index (χ4v) is 1.04. The molecule has 0 saturated carbocycles. The van der Waals surface area contributed by atoms with E-state index in [1.807, 2.05) is 0 Å². The first kappa shape index (κ1) is 11.9. The van der Waals surface area contributed by atoms with Gasteiger partial charge in [-0.2, -0.15) is 0 Å². The lowest BCUT2D eigenvalue weighted by Crippen LogP contribution is -2.29. The Kier molecular flexibility index (Phi) is 3.78. The first-order chi connectivity index (χ1) is 7.56. The van der Waals surface area contributed by atoms with Crippen molar-refractivity contribution in [3.05, 3.63) is 33.7 Å². The van der Waals surface area contributed by atoms with E-state index in [0.29, 0.717) is 0 Å². The number of aromatic amines is 1. The maximum Gasteiger partial charge on any atom is 0.341 e. The number of carboxylic acids is 1. The number of carboxylic acid groups (broad SMARTS) is 1. The monoisotopic (exact) mass is 226 g/mol. The van der Waals surface area contributed by atoms with Crippen molar-refractivity contribution < 1.29 is 19.8 Å². The van der Waals surface area contributed by atoms with E-state index in [9.17, 15) is 14.4 Å². The van der Waals surface area contributed by atoms with Crippen molar-refractivity contribution >= 4 is 11.9 Å². The molecule has 7 nitrogen and oxygen atoms in total. The molecule has 0 spiro atoms. The van der Waals surface area contributed by atoms with Gasteiger partial charge >= 0.3 is 5.97 Å². The van der Waals surface area contributed by atoms with Crippen LogP contribution >= 0.6 is 0 Å². The summed E-state index contributed by atoms with van der Waals surface area (Å²) in [6.07, 6.45) is 0. The van der Waals surface area contributed by atoms with Crippen LogP contribution in [0.4, 0.5) is 0 Å². The molecule has 4 N–H and O–H groups in total. The molecule has 1 heterocycles. The van der Waals surface area contributed by atoms with Gasteiger partial charge in [-0.15, -0.1) is 0 Å². The minimum absolute atomic E-state index is 0.0524. The molecule has 0 aliphatic carbocycles. The number of nitrogens with one attached hydrogen (secondary N) is 2. The van der Waals surface area contributed by atoms with E-state index in [0.717, 1.165) is 6.07 Å². The second kappa shape index (κ2) is 5.08. The van der Waals surface area contributed by atoms with Crippen LogP contribution in [-0.4, -0.2) is 40.2 Å². The van der Waals surface area contributed by atoms with Crippen LogP contribution in [0.5, 0.6) is 0 Å². The first-order valence-electron chi connectivity index (χ1n) is 4.42. The molecule has 0 radical (unpaired) electrons. The van der Waals surface area contributed by atoms with Crippen molar-refractivity contribution in [2.45, 2.75) is 0 Å². The lowest BCUT2D eigenvalue weighted by Gasteiger charge is -2.02. The topological polar surface area (TPSA) is 119 Å². The highest BCUT2D eigenvalue weighted by Crippen LogP contribution is 1.95. The van der Waals surface area contributed by atoms with Crippen LogP contribution in [0.2, 0.25) is 0 Å². The lowest BCUT2D eigenvalue weighted by molar-refractivity contribution is 0.0694. The van der Waals surface area contributed by atoms with E-state index in [4.69, 9.17) is 10.2 Å². The minimum Gasteiger partial charge on any atom is -0.477 e. The molecule has 16 heavy (non-hydrogen) atoms. The van der Waals surface area contributed by atoms with E-state index in [1.54, 1.807) is 0 Å². The smallest absolute Gasteiger partial charge is 0.341 e. The van der Waals surface area contributed by atoms with Gasteiger partial charge in [-0.25, -0.2) is 4.79 Å². The molecule has 0 atom stereocenters. The van der Waals surface area contributed by atoms with Gasteiger partial charge in [-0.05, 0) is 12.1 Å². The van der Waals surface area contributed by atoms with E-state index < -0.39 is 23.0 Å². The number of hydrogen-bond acceptors (Lipinski definition) is 4. The Labute approximate surface area is 89.7 Å². The third-order valence-corrected chi connectivity index (χ3v) is 1.78. The van der Waals surface area contributed by atoms with Crippen molar-refractivity contribution in [2.24, 2.45) is 0 Å². The van der Waals surface area contributed by atoms with Gasteiger partial charge in [0.2, 0.25) is 0 Å². The minimum atomic E-state index is -1.36. The van der Waals surface area contributed by atoms with Crippen molar-refractivity contribution in [1.29, 1.82) is 0 Å². The number of rotatable bonds is 4. The summed E-state index contributed by atoms with van der Waals surface area (Å²) < 4.78 is 0. The average molecular weight is 226 g/mol. The van der Waals surface area contributed by atoms with Gasteiger partial charge in [-0.1, -0.05) is 0 Å². The van der Waals surface area contributed by atoms with Crippen LogP contribution in [0.3, 0.4) is 0 Å². The molecule has 7 heteroatoms. The van der Waals surface area contributed by atoms with Gasteiger partial charge in [0.15, 0.2) is 0 Å². The third-order valence-electron chi connectivity index (χ3n) is 1.78.